The van der Waals surface area contributed by atoms with E-state index in [4.69, 9.17) is 4.74 Å². The number of ether oxygens (including phenoxy) is 1. The average Bonchev–Trinajstić information content (AvgIpc) is 2.72. The van der Waals surface area contributed by atoms with Gasteiger partial charge in [-0.1, -0.05) is 45.1 Å². The molecule has 0 unspecified atom stereocenters. The van der Waals surface area contributed by atoms with Gasteiger partial charge in [0, 0.05) is 17.8 Å². The summed E-state index contributed by atoms with van der Waals surface area (Å²) in [5.74, 6) is 1.76. The van der Waals surface area contributed by atoms with Crippen LogP contribution in [0.15, 0.2) is 36.5 Å². The molecule has 0 amide bonds. The van der Waals surface area contributed by atoms with Crippen LogP contribution in [0.4, 0.5) is 4.39 Å². The number of methoxy groups -OCH3 is 1. The molecule has 27 heavy (non-hydrogen) atoms. The Morgan fingerprint density at radius 3 is 2.48 bits per heavy atom. The lowest BCUT2D eigenvalue weighted by molar-refractivity contribution is 0.302. The van der Waals surface area contributed by atoms with Crippen molar-refractivity contribution in [3.05, 3.63) is 47.9 Å². The van der Waals surface area contributed by atoms with Crippen LogP contribution in [0.1, 0.15) is 76.2 Å². The summed E-state index contributed by atoms with van der Waals surface area (Å²) in [5.41, 5.74) is 2.51. The minimum Gasteiger partial charge on any atom is -0.497 e. The van der Waals surface area contributed by atoms with E-state index in [-0.39, 0.29) is 5.82 Å². The summed E-state index contributed by atoms with van der Waals surface area (Å²) >= 11 is 0. The molecule has 0 saturated heterocycles. The quantitative estimate of drug-likeness (QED) is 0.461. The van der Waals surface area contributed by atoms with Gasteiger partial charge in [0.25, 0.3) is 0 Å². The van der Waals surface area contributed by atoms with Gasteiger partial charge in [-0.3, -0.25) is 4.98 Å². The molecular weight excluding hydrogens is 337 g/mol. The third kappa shape index (κ3) is 5.31. The van der Waals surface area contributed by atoms with Crippen LogP contribution in [0, 0.1) is 11.7 Å². The molecule has 1 heterocycles. The first-order valence-corrected chi connectivity index (χ1v) is 10.5. The third-order valence-corrected chi connectivity index (χ3v) is 6.02. The number of unbranched alkanes of at least 4 members (excludes halogenated alkanes) is 3. The lowest BCUT2D eigenvalue weighted by Gasteiger charge is -2.28. The monoisotopic (exact) mass is 369 g/mol. The fourth-order valence-corrected chi connectivity index (χ4v) is 4.28. The summed E-state index contributed by atoms with van der Waals surface area (Å²) in [6.45, 7) is 2.27. The predicted molar refractivity (Wildman–Crippen MR) is 110 cm³/mol. The van der Waals surface area contributed by atoms with Gasteiger partial charge >= 0.3 is 0 Å². The number of aromatic nitrogens is 1. The first kappa shape index (κ1) is 19.9. The number of rotatable bonds is 8. The van der Waals surface area contributed by atoms with Crippen molar-refractivity contribution in [3.8, 4) is 17.0 Å². The van der Waals surface area contributed by atoms with Gasteiger partial charge < -0.3 is 4.74 Å². The standard InChI is InChI=1S/C24H32FNO/c1-3-4-5-6-7-18-8-10-19(11-9-18)20-12-15-24(26-17-20)22-14-13-21(27-2)16-23(22)25/h12-19H,3-11H2,1-2H3. The lowest BCUT2D eigenvalue weighted by Crippen LogP contribution is -2.13. The zero-order chi connectivity index (χ0) is 19.1. The van der Waals surface area contributed by atoms with Gasteiger partial charge in [-0.05, 0) is 61.3 Å². The molecule has 2 nitrogen and oxygen atoms in total. The topological polar surface area (TPSA) is 22.1 Å². The van der Waals surface area contributed by atoms with Gasteiger partial charge in [-0.15, -0.1) is 0 Å². The van der Waals surface area contributed by atoms with Crippen molar-refractivity contribution < 1.29 is 9.13 Å². The Bertz CT molecular complexity index is 705. The van der Waals surface area contributed by atoms with Crippen LogP contribution in [-0.4, -0.2) is 12.1 Å². The molecule has 2 aromatic rings. The van der Waals surface area contributed by atoms with Gasteiger partial charge in [0.1, 0.15) is 11.6 Å². The van der Waals surface area contributed by atoms with Crippen molar-refractivity contribution in [3.63, 3.8) is 0 Å². The maximum absolute atomic E-state index is 14.3. The Labute approximate surface area is 163 Å². The molecule has 0 bridgehead atoms. The minimum absolute atomic E-state index is 0.293. The smallest absolute Gasteiger partial charge is 0.136 e. The Morgan fingerprint density at radius 2 is 1.85 bits per heavy atom. The predicted octanol–water partition coefficient (Wildman–Crippen LogP) is 7.14. The highest BCUT2D eigenvalue weighted by molar-refractivity contribution is 5.61. The molecule has 1 aromatic heterocycles. The molecular formula is C24H32FNO. The van der Waals surface area contributed by atoms with E-state index in [2.05, 4.69) is 18.0 Å². The van der Waals surface area contributed by atoms with Crippen molar-refractivity contribution in [1.29, 1.82) is 0 Å². The van der Waals surface area contributed by atoms with Gasteiger partial charge in [0.05, 0.1) is 12.8 Å². The Kier molecular flexibility index (Phi) is 7.25. The second kappa shape index (κ2) is 9.87. The molecule has 3 heteroatoms. The van der Waals surface area contributed by atoms with Crippen molar-refractivity contribution in [2.45, 2.75) is 70.6 Å². The van der Waals surface area contributed by atoms with E-state index in [1.807, 2.05) is 12.3 Å². The summed E-state index contributed by atoms with van der Waals surface area (Å²) in [5, 5.41) is 0. The number of hydrogen-bond acceptors (Lipinski definition) is 2. The van der Waals surface area contributed by atoms with Crippen molar-refractivity contribution in [2.75, 3.05) is 7.11 Å². The highest BCUT2D eigenvalue weighted by atomic mass is 19.1. The van der Waals surface area contributed by atoms with Crippen LogP contribution < -0.4 is 4.74 Å². The van der Waals surface area contributed by atoms with E-state index in [1.54, 1.807) is 19.2 Å². The summed E-state index contributed by atoms with van der Waals surface area (Å²) in [7, 11) is 1.54. The highest BCUT2D eigenvalue weighted by Gasteiger charge is 2.22. The van der Waals surface area contributed by atoms with E-state index in [9.17, 15) is 4.39 Å². The van der Waals surface area contributed by atoms with E-state index < -0.39 is 0 Å². The zero-order valence-corrected chi connectivity index (χ0v) is 16.7. The Morgan fingerprint density at radius 1 is 1.04 bits per heavy atom. The Hall–Kier alpha value is -1.90. The molecule has 146 valence electrons. The van der Waals surface area contributed by atoms with Crippen molar-refractivity contribution in [2.24, 2.45) is 5.92 Å². The lowest BCUT2D eigenvalue weighted by atomic mass is 9.77. The second-order valence-electron chi connectivity index (χ2n) is 7.89. The normalized spacial score (nSPS) is 19.8. The SMILES string of the molecule is CCCCCCC1CCC(c2ccc(-c3ccc(OC)cc3F)nc2)CC1. The molecule has 0 N–H and O–H groups in total. The molecule has 1 aliphatic rings. The maximum atomic E-state index is 14.3. The number of nitrogens with zero attached hydrogens (tertiary/aromatic N) is 1. The van der Waals surface area contributed by atoms with Crippen LogP contribution in [0.5, 0.6) is 5.75 Å². The van der Waals surface area contributed by atoms with E-state index in [0.717, 1.165) is 5.92 Å². The number of hydrogen-bond donors (Lipinski definition) is 0. The van der Waals surface area contributed by atoms with Crippen molar-refractivity contribution >= 4 is 0 Å². The third-order valence-electron chi connectivity index (χ3n) is 6.02. The summed E-state index contributed by atoms with van der Waals surface area (Å²) in [6.07, 6.45) is 14.0. The highest BCUT2D eigenvalue weighted by Crippen LogP contribution is 2.38. The van der Waals surface area contributed by atoms with Gasteiger partial charge in [-0.25, -0.2) is 4.39 Å². The van der Waals surface area contributed by atoms with E-state index >= 15 is 0 Å². The molecule has 0 atom stereocenters. The molecule has 1 aromatic carbocycles. The molecule has 0 aliphatic heterocycles. The molecule has 3 rings (SSSR count). The zero-order valence-electron chi connectivity index (χ0n) is 16.7. The fourth-order valence-electron chi connectivity index (χ4n) is 4.28. The molecule has 1 aliphatic carbocycles. The Balaban J connectivity index is 1.55. The van der Waals surface area contributed by atoms with E-state index in [1.165, 1.54) is 69.4 Å². The van der Waals surface area contributed by atoms with Crippen LogP contribution >= 0.6 is 0 Å². The van der Waals surface area contributed by atoms with Crippen LogP contribution in [0.3, 0.4) is 0 Å². The first-order chi connectivity index (χ1) is 13.2. The number of benzene rings is 1. The summed E-state index contributed by atoms with van der Waals surface area (Å²) in [4.78, 5) is 4.55. The molecule has 0 radical (unpaired) electrons. The second-order valence-corrected chi connectivity index (χ2v) is 7.89. The van der Waals surface area contributed by atoms with Crippen LogP contribution in [0.25, 0.3) is 11.3 Å². The summed E-state index contributed by atoms with van der Waals surface area (Å²) < 4.78 is 19.3. The van der Waals surface area contributed by atoms with E-state index in [0.29, 0.717) is 22.9 Å². The van der Waals surface area contributed by atoms with Crippen molar-refractivity contribution in [1.82, 2.24) is 4.98 Å². The largest absolute Gasteiger partial charge is 0.497 e. The average molecular weight is 370 g/mol. The molecule has 1 fully saturated rings. The van der Waals surface area contributed by atoms with Gasteiger partial charge in [-0.2, -0.15) is 0 Å². The van der Waals surface area contributed by atoms with Crippen LogP contribution in [-0.2, 0) is 0 Å². The summed E-state index contributed by atoms with van der Waals surface area (Å²) in [6, 6.07) is 9.01. The maximum Gasteiger partial charge on any atom is 0.136 e. The number of halogens is 1. The number of pyridine rings is 1. The first-order valence-electron chi connectivity index (χ1n) is 10.5. The molecule has 0 spiro atoms. The van der Waals surface area contributed by atoms with Crippen LogP contribution in [0.2, 0.25) is 0 Å². The van der Waals surface area contributed by atoms with Gasteiger partial charge in [0.15, 0.2) is 0 Å². The van der Waals surface area contributed by atoms with Gasteiger partial charge in [0.2, 0.25) is 0 Å². The minimum atomic E-state index is -0.293. The fraction of sp³-hybridized carbons (Fsp3) is 0.542. The molecule has 1 saturated carbocycles.